The summed E-state index contributed by atoms with van der Waals surface area (Å²) in [4.78, 5) is 11.0. The molecule has 5 nitrogen and oxygen atoms in total. The van der Waals surface area contributed by atoms with Gasteiger partial charge in [-0.2, -0.15) is 0 Å². The summed E-state index contributed by atoms with van der Waals surface area (Å²) < 4.78 is 0.417. The smallest absolute Gasteiger partial charge is 0.336 e. The molecule has 0 amide bonds. The van der Waals surface area contributed by atoms with Crippen LogP contribution in [0.25, 0.3) is 0 Å². The van der Waals surface area contributed by atoms with Crippen LogP contribution >= 0.6 is 15.9 Å². The van der Waals surface area contributed by atoms with Gasteiger partial charge in [-0.15, -0.1) is 0 Å². The first-order valence-corrected chi connectivity index (χ1v) is 5.48. The van der Waals surface area contributed by atoms with E-state index in [1.54, 1.807) is 0 Å². The molecule has 1 aromatic carbocycles. The van der Waals surface area contributed by atoms with Gasteiger partial charge in [-0.25, -0.2) is 4.79 Å². The lowest BCUT2D eigenvalue weighted by molar-refractivity contribution is 0.0694. The largest absolute Gasteiger partial charge is 0.506 e. The second kappa shape index (κ2) is 5.29. The topological polar surface area (TPSA) is 110 Å². The minimum Gasteiger partial charge on any atom is -0.506 e. The molecule has 0 unspecified atom stereocenters. The van der Waals surface area contributed by atoms with Crippen molar-refractivity contribution in [2.75, 3.05) is 6.54 Å². The molecule has 0 saturated carbocycles. The highest BCUT2D eigenvalue weighted by atomic mass is 79.9. The zero-order valence-electron chi connectivity index (χ0n) is 8.48. The number of nitrogens with two attached hydrogens (primary N) is 2. The average Bonchev–Trinajstić information content (AvgIpc) is 2.21. The number of carbonyl (C=O) groups is 1. The first-order valence-electron chi connectivity index (χ1n) is 4.69. The van der Waals surface area contributed by atoms with Crippen LogP contribution in [0.5, 0.6) is 5.75 Å². The van der Waals surface area contributed by atoms with Gasteiger partial charge >= 0.3 is 5.97 Å². The molecule has 0 aliphatic carbocycles. The van der Waals surface area contributed by atoms with Gasteiger partial charge in [0.15, 0.2) is 0 Å². The van der Waals surface area contributed by atoms with Crippen molar-refractivity contribution in [1.29, 1.82) is 0 Å². The molecule has 0 aromatic heterocycles. The van der Waals surface area contributed by atoms with Gasteiger partial charge in [0.25, 0.3) is 0 Å². The van der Waals surface area contributed by atoms with Crippen molar-refractivity contribution in [2.24, 2.45) is 11.5 Å². The number of carboxylic acid groups (broad SMARTS) is 1. The highest BCUT2D eigenvalue weighted by molar-refractivity contribution is 9.10. The van der Waals surface area contributed by atoms with Crippen LogP contribution < -0.4 is 11.5 Å². The summed E-state index contributed by atoms with van der Waals surface area (Å²) in [6.45, 7) is 0.326. The first kappa shape index (κ1) is 13.0. The number of aromatic hydroxyl groups is 1. The highest BCUT2D eigenvalue weighted by Crippen LogP contribution is 2.34. The van der Waals surface area contributed by atoms with Crippen LogP contribution in [-0.4, -0.2) is 22.7 Å². The Balaban J connectivity index is 3.31. The summed E-state index contributed by atoms with van der Waals surface area (Å²) in [6, 6.07) is 2.28. The predicted octanol–water partition coefficient (Wildman–Crippen LogP) is 1.20. The van der Waals surface area contributed by atoms with Gasteiger partial charge in [-0.1, -0.05) is 0 Å². The van der Waals surface area contributed by atoms with E-state index in [4.69, 9.17) is 16.6 Å². The SMILES string of the molecule is NCC[C@@H](N)c1c(C(=O)O)ccc(Br)c1O. The molecular weight excluding hydrogens is 276 g/mol. The molecule has 0 heterocycles. The first-order chi connectivity index (χ1) is 7.49. The summed E-state index contributed by atoms with van der Waals surface area (Å²) in [5.41, 5.74) is 11.4. The molecule has 88 valence electrons. The van der Waals surface area contributed by atoms with E-state index in [0.29, 0.717) is 17.4 Å². The number of rotatable bonds is 4. The number of hydrogen-bond donors (Lipinski definition) is 4. The van der Waals surface area contributed by atoms with Gasteiger partial charge in [0.05, 0.1) is 10.0 Å². The molecule has 1 atom stereocenters. The van der Waals surface area contributed by atoms with Crippen molar-refractivity contribution in [3.8, 4) is 5.75 Å². The minimum absolute atomic E-state index is 0.00153. The van der Waals surface area contributed by atoms with Crippen LogP contribution in [0.4, 0.5) is 0 Å². The van der Waals surface area contributed by atoms with E-state index in [0.717, 1.165) is 0 Å². The third-order valence-corrected chi connectivity index (χ3v) is 2.89. The van der Waals surface area contributed by atoms with Gasteiger partial charge in [0, 0.05) is 11.6 Å². The molecule has 0 fully saturated rings. The van der Waals surface area contributed by atoms with Crippen LogP contribution in [0, 0.1) is 0 Å². The molecule has 0 bridgehead atoms. The second-order valence-corrected chi connectivity index (χ2v) is 4.20. The Labute approximate surface area is 101 Å². The van der Waals surface area contributed by atoms with Crippen molar-refractivity contribution in [3.63, 3.8) is 0 Å². The summed E-state index contributed by atoms with van der Waals surface area (Å²) >= 11 is 3.12. The van der Waals surface area contributed by atoms with Crippen LogP contribution in [-0.2, 0) is 0 Å². The number of hydrogen-bond acceptors (Lipinski definition) is 4. The fourth-order valence-corrected chi connectivity index (χ4v) is 1.81. The molecule has 0 radical (unpaired) electrons. The molecule has 0 aliphatic rings. The summed E-state index contributed by atoms with van der Waals surface area (Å²) in [5.74, 6) is -1.26. The fraction of sp³-hybridized carbons (Fsp3) is 0.300. The maximum Gasteiger partial charge on any atom is 0.336 e. The number of phenolic OH excluding ortho intramolecular Hbond substituents is 1. The van der Waals surface area contributed by atoms with E-state index < -0.39 is 12.0 Å². The standard InChI is InChI=1S/C10H13BrN2O3/c11-6-2-1-5(10(15)16)8(9(6)14)7(13)3-4-12/h1-2,7,14H,3-4,12-13H2,(H,15,16)/t7-/m1/s1. The van der Waals surface area contributed by atoms with Gasteiger partial charge in [0.1, 0.15) is 5.75 Å². The van der Waals surface area contributed by atoms with Crippen molar-refractivity contribution < 1.29 is 15.0 Å². The molecule has 0 spiro atoms. The lowest BCUT2D eigenvalue weighted by Gasteiger charge is -2.16. The van der Waals surface area contributed by atoms with Gasteiger partial charge in [-0.3, -0.25) is 0 Å². The van der Waals surface area contributed by atoms with E-state index in [1.807, 2.05) is 0 Å². The van der Waals surface area contributed by atoms with Gasteiger partial charge < -0.3 is 21.7 Å². The van der Waals surface area contributed by atoms with E-state index >= 15 is 0 Å². The Hall–Kier alpha value is -1.11. The van der Waals surface area contributed by atoms with Crippen molar-refractivity contribution in [2.45, 2.75) is 12.5 Å². The number of benzene rings is 1. The molecule has 1 aromatic rings. The Kier molecular flexibility index (Phi) is 4.28. The normalized spacial score (nSPS) is 12.4. The monoisotopic (exact) mass is 288 g/mol. The van der Waals surface area contributed by atoms with E-state index in [-0.39, 0.29) is 16.9 Å². The number of aromatic carboxylic acids is 1. The van der Waals surface area contributed by atoms with Crippen LogP contribution in [0.3, 0.4) is 0 Å². The lowest BCUT2D eigenvalue weighted by atomic mass is 9.97. The number of halogens is 1. The Morgan fingerprint density at radius 3 is 2.62 bits per heavy atom. The Morgan fingerprint density at radius 1 is 1.50 bits per heavy atom. The molecule has 6 N–H and O–H groups in total. The second-order valence-electron chi connectivity index (χ2n) is 3.35. The third-order valence-electron chi connectivity index (χ3n) is 2.25. The van der Waals surface area contributed by atoms with Gasteiger partial charge in [-0.05, 0) is 41.0 Å². The van der Waals surface area contributed by atoms with E-state index in [1.165, 1.54) is 12.1 Å². The minimum atomic E-state index is -1.12. The van der Waals surface area contributed by atoms with Crippen molar-refractivity contribution in [1.82, 2.24) is 0 Å². The maximum absolute atomic E-state index is 11.0. The molecule has 1 rings (SSSR count). The Morgan fingerprint density at radius 2 is 2.12 bits per heavy atom. The molecule has 6 heteroatoms. The maximum atomic E-state index is 11.0. The lowest BCUT2D eigenvalue weighted by Crippen LogP contribution is -2.18. The Bertz CT molecular complexity index is 409. The zero-order valence-corrected chi connectivity index (χ0v) is 10.1. The number of phenols is 1. The van der Waals surface area contributed by atoms with Crippen LogP contribution in [0.15, 0.2) is 16.6 Å². The summed E-state index contributed by atoms with van der Waals surface area (Å²) in [5, 5.41) is 18.8. The van der Waals surface area contributed by atoms with Crippen molar-refractivity contribution in [3.05, 3.63) is 27.7 Å². The van der Waals surface area contributed by atoms with Crippen molar-refractivity contribution >= 4 is 21.9 Å². The average molecular weight is 289 g/mol. The van der Waals surface area contributed by atoms with Crippen LogP contribution in [0.1, 0.15) is 28.4 Å². The van der Waals surface area contributed by atoms with E-state index in [9.17, 15) is 9.90 Å². The molecular formula is C10H13BrN2O3. The van der Waals surface area contributed by atoms with Gasteiger partial charge in [0.2, 0.25) is 0 Å². The molecule has 0 saturated heterocycles. The molecule has 0 aliphatic heterocycles. The quantitative estimate of drug-likeness (QED) is 0.666. The molecule has 16 heavy (non-hydrogen) atoms. The highest BCUT2D eigenvalue weighted by Gasteiger charge is 2.21. The van der Waals surface area contributed by atoms with Crippen LogP contribution in [0.2, 0.25) is 0 Å². The predicted molar refractivity (Wildman–Crippen MR) is 63.4 cm³/mol. The summed E-state index contributed by atoms with van der Waals surface area (Å²) in [7, 11) is 0. The zero-order chi connectivity index (χ0) is 12.3. The fourth-order valence-electron chi connectivity index (χ4n) is 1.47. The summed E-state index contributed by atoms with van der Waals surface area (Å²) in [6.07, 6.45) is 0.407. The van der Waals surface area contributed by atoms with E-state index in [2.05, 4.69) is 15.9 Å². The number of carboxylic acids is 1. The third kappa shape index (κ3) is 2.52.